The Kier molecular flexibility index (Phi) is 9.34. The van der Waals surface area contributed by atoms with Gasteiger partial charge in [0.05, 0.1) is 0 Å². The molecule has 0 aliphatic heterocycles. The molecule has 0 atom stereocenters. The van der Waals surface area contributed by atoms with Gasteiger partial charge in [-0.25, -0.2) is 0 Å². The Labute approximate surface area is 64.8 Å². The van der Waals surface area contributed by atoms with Crippen molar-refractivity contribution in [2.75, 3.05) is 7.05 Å². The van der Waals surface area contributed by atoms with Crippen molar-refractivity contribution in [2.45, 2.75) is 0 Å². The maximum Gasteiger partial charge on any atom is 0.163 e. The van der Waals surface area contributed by atoms with E-state index in [1.54, 1.807) is 7.05 Å². The molecule has 0 unspecified atom stereocenters. The summed E-state index contributed by atoms with van der Waals surface area (Å²) in [6.45, 7) is 0. The van der Waals surface area contributed by atoms with E-state index in [0.29, 0.717) is 5.11 Å². The van der Waals surface area contributed by atoms with Crippen molar-refractivity contribution < 1.29 is 0 Å². The van der Waals surface area contributed by atoms with Gasteiger partial charge >= 0.3 is 0 Å². The number of thiocarbonyl (C=S) groups is 1. The summed E-state index contributed by atoms with van der Waals surface area (Å²) >= 11 is 4.36. The van der Waals surface area contributed by atoms with Crippen LogP contribution in [0, 0.1) is 0 Å². The number of hydrogen-bond donors (Lipinski definition) is 2. The Bertz CT molecular complexity index is 46.8. The van der Waals surface area contributed by atoms with E-state index in [0.717, 1.165) is 0 Å². The van der Waals surface area contributed by atoms with Crippen molar-refractivity contribution in [1.29, 1.82) is 0 Å². The van der Waals surface area contributed by atoms with Gasteiger partial charge in [0.25, 0.3) is 0 Å². The molecule has 0 spiro atoms. The first-order valence-electron chi connectivity index (χ1n) is 1.24. The molecule has 0 saturated heterocycles. The van der Waals surface area contributed by atoms with Gasteiger partial charge in [0.2, 0.25) is 0 Å². The van der Waals surface area contributed by atoms with Crippen molar-refractivity contribution in [3.63, 3.8) is 0 Å². The molecule has 2 nitrogen and oxygen atoms in total. The van der Waals surface area contributed by atoms with Crippen molar-refractivity contribution in [3.8, 4) is 0 Å². The van der Waals surface area contributed by atoms with Crippen LogP contribution in [-0.2, 0) is 0 Å². The van der Waals surface area contributed by atoms with Crippen LogP contribution in [0.2, 0.25) is 0 Å². The van der Waals surface area contributed by atoms with Gasteiger partial charge in [-0.3, -0.25) is 0 Å². The molecule has 0 aliphatic rings. The molecule has 0 bridgehead atoms. The maximum absolute atomic E-state index is 4.91. The first-order valence-corrected chi connectivity index (χ1v) is 1.65. The van der Waals surface area contributed by atoms with Crippen molar-refractivity contribution in [3.05, 3.63) is 0 Å². The molecule has 1 radical (unpaired) electrons. The van der Waals surface area contributed by atoms with Crippen molar-refractivity contribution in [2.24, 2.45) is 5.73 Å². The topological polar surface area (TPSA) is 38.0 Å². The van der Waals surface area contributed by atoms with E-state index in [4.69, 9.17) is 5.73 Å². The number of nitrogens with one attached hydrogen (secondary N) is 1. The van der Waals surface area contributed by atoms with Crippen LogP contribution in [0.3, 0.4) is 0 Å². The SMILES string of the molecule is CNC(N)=S.[Na]. The Morgan fingerprint density at radius 3 is 2.00 bits per heavy atom. The summed E-state index contributed by atoms with van der Waals surface area (Å²) in [5, 5.41) is 2.88. The van der Waals surface area contributed by atoms with E-state index in [1.807, 2.05) is 0 Å². The third-order valence-corrected chi connectivity index (χ3v) is 0.451. The zero-order chi connectivity index (χ0) is 4.28. The van der Waals surface area contributed by atoms with Gasteiger partial charge in [0.15, 0.2) is 5.11 Å². The zero-order valence-corrected chi connectivity index (χ0v) is 6.80. The summed E-state index contributed by atoms with van der Waals surface area (Å²) in [7, 11) is 1.68. The Balaban J connectivity index is 0. The largest absolute Gasteiger partial charge is 0.376 e. The van der Waals surface area contributed by atoms with E-state index in [2.05, 4.69) is 17.5 Å². The minimum Gasteiger partial charge on any atom is -0.376 e. The molecule has 0 heterocycles. The second-order valence-electron chi connectivity index (χ2n) is 0.614. The molecule has 6 heavy (non-hydrogen) atoms. The Hall–Kier alpha value is 0.690. The molecule has 0 aliphatic carbocycles. The van der Waals surface area contributed by atoms with E-state index in [-0.39, 0.29) is 29.6 Å². The average molecular weight is 113 g/mol. The van der Waals surface area contributed by atoms with Gasteiger partial charge in [-0.2, -0.15) is 0 Å². The summed E-state index contributed by atoms with van der Waals surface area (Å²) in [5.74, 6) is 0. The molecule has 4 heteroatoms. The molecule has 0 fully saturated rings. The summed E-state index contributed by atoms with van der Waals surface area (Å²) in [6.07, 6.45) is 0. The van der Waals surface area contributed by atoms with Gasteiger partial charge in [0.1, 0.15) is 0 Å². The average Bonchev–Trinajstić information content (AvgIpc) is 1.38. The van der Waals surface area contributed by atoms with Crippen LogP contribution in [0.15, 0.2) is 0 Å². The van der Waals surface area contributed by atoms with E-state index >= 15 is 0 Å². The minimum absolute atomic E-state index is 0. The third-order valence-electron chi connectivity index (χ3n) is 0.246. The van der Waals surface area contributed by atoms with Crippen molar-refractivity contribution >= 4 is 46.9 Å². The Morgan fingerprint density at radius 2 is 2.00 bits per heavy atom. The first-order chi connectivity index (χ1) is 2.27. The first kappa shape index (κ1) is 9.85. The fraction of sp³-hybridized carbons (Fsp3) is 0.500. The molecule has 31 valence electrons. The van der Waals surface area contributed by atoms with Gasteiger partial charge < -0.3 is 11.1 Å². The summed E-state index contributed by atoms with van der Waals surface area (Å²) in [5.41, 5.74) is 4.91. The third kappa shape index (κ3) is 8.83. The van der Waals surface area contributed by atoms with Gasteiger partial charge in [-0.1, -0.05) is 0 Å². The summed E-state index contributed by atoms with van der Waals surface area (Å²) in [6, 6.07) is 0. The summed E-state index contributed by atoms with van der Waals surface area (Å²) < 4.78 is 0. The second-order valence-corrected chi connectivity index (χ2v) is 1.05. The normalized spacial score (nSPS) is 5.50. The second kappa shape index (κ2) is 5.69. The molecule has 0 aromatic heterocycles. The Morgan fingerprint density at radius 1 is 1.83 bits per heavy atom. The van der Waals surface area contributed by atoms with Crippen LogP contribution in [-0.4, -0.2) is 41.7 Å². The number of hydrogen-bond acceptors (Lipinski definition) is 1. The van der Waals surface area contributed by atoms with Gasteiger partial charge in [0, 0.05) is 36.6 Å². The van der Waals surface area contributed by atoms with Crippen LogP contribution < -0.4 is 11.1 Å². The molecule has 0 saturated carbocycles. The van der Waals surface area contributed by atoms with Crippen LogP contribution in [0.5, 0.6) is 0 Å². The minimum atomic E-state index is 0. The van der Waals surface area contributed by atoms with E-state index in [1.165, 1.54) is 0 Å². The van der Waals surface area contributed by atoms with Crippen LogP contribution in [0.1, 0.15) is 0 Å². The molecule has 3 N–H and O–H groups in total. The van der Waals surface area contributed by atoms with Crippen LogP contribution >= 0.6 is 12.2 Å². The number of rotatable bonds is 0. The predicted molar refractivity (Wildman–Crippen MR) is 31.6 cm³/mol. The van der Waals surface area contributed by atoms with Crippen LogP contribution in [0.4, 0.5) is 0 Å². The standard InChI is InChI=1S/C2H6N2S.Na/c1-4-2(3)5;/h1H3,(H3,3,4,5);. The predicted octanol–water partition coefficient (Wildman–Crippen LogP) is -0.931. The fourth-order valence-corrected chi connectivity index (χ4v) is 0. The van der Waals surface area contributed by atoms with Crippen LogP contribution in [0.25, 0.3) is 0 Å². The quantitative estimate of drug-likeness (QED) is 0.315. The molecule has 0 rings (SSSR count). The van der Waals surface area contributed by atoms with E-state index in [9.17, 15) is 0 Å². The van der Waals surface area contributed by atoms with E-state index < -0.39 is 0 Å². The molecular weight excluding hydrogens is 107 g/mol. The molecule has 0 aromatic rings. The smallest absolute Gasteiger partial charge is 0.163 e. The zero-order valence-electron chi connectivity index (χ0n) is 3.99. The summed E-state index contributed by atoms with van der Waals surface area (Å²) in [4.78, 5) is 0. The monoisotopic (exact) mass is 113 g/mol. The number of nitrogens with two attached hydrogens (primary N) is 1. The van der Waals surface area contributed by atoms with Crippen molar-refractivity contribution in [1.82, 2.24) is 5.32 Å². The molecule has 0 amide bonds. The fourth-order valence-electron chi connectivity index (χ4n) is 0. The van der Waals surface area contributed by atoms with Gasteiger partial charge in [-0.15, -0.1) is 0 Å². The molecular formula is C2H6N2NaS. The molecule has 0 aromatic carbocycles. The van der Waals surface area contributed by atoms with Gasteiger partial charge in [-0.05, 0) is 12.2 Å². The maximum atomic E-state index is 4.91.